The number of anilines is 1. The maximum Gasteiger partial charge on any atom is 0.212 e. The van der Waals surface area contributed by atoms with Crippen molar-refractivity contribution in [3.8, 4) is 11.3 Å². The SMILES string of the molecule is Cc1ccc(-c2cc(C)c3ccccc3c2N)[nH+]c1.Cl. The Kier molecular flexibility index (Phi) is 3.96. The number of aromatic amines is 1. The number of aromatic nitrogens is 1. The van der Waals surface area contributed by atoms with E-state index >= 15 is 0 Å². The zero-order chi connectivity index (χ0) is 13.4. The van der Waals surface area contributed by atoms with Crippen molar-refractivity contribution in [3.63, 3.8) is 0 Å². The molecule has 3 heteroatoms. The molecular weight excluding hydrogens is 268 g/mol. The summed E-state index contributed by atoms with van der Waals surface area (Å²) in [6.45, 7) is 4.19. The summed E-state index contributed by atoms with van der Waals surface area (Å²) in [6, 6.07) is 14.6. The highest BCUT2D eigenvalue weighted by Crippen LogP contribution is 2.32. The van der Waals surface area contributed by atoms with Gasteiger partial charge < -0.3 is 5.73 Å². The normalized spacial score (nSPS) is 10.3. The molecule has 0 amide bonds. The van der Waals surface area contributed by atoms with Crippen molar-refractivity contribution in [3.05, 3.63) is 59.8 Å². The lowest BCUT2D eigenvalue weighted by atomic mass is 9.97. The van der Waals surface area contributed by atoms with Crippen molar-refractivity contribution in [2.45, 2.75) is 13.8 Å². The number of H-pyrrole nitrogens is 1. The third-order valence-electron chi connectivity index (χ3n) is 3.55. The molecule has 2 aromatic carbocycles. The minimum Gasteiger partial charge on any atom is -0.398 e. The first kappa shape index (κ1) is 14.4. The average molecular weight is 286 g/mol. The van der Waals surface area contributed by atoms with Gasteiger partial charge in [-0.3, -0.25) is 0 Å². The highest BCUT2D eigenvalue weighted by Gasteiger charge is 2.13. The molecule has 3 rings (SSSR count). The maximum atomic E-state index is 6.34. The van der Waals surface area contributed by atoms with Gasteiger partial charge >= 0.3 is 0 Å². The lowest BCUT2D eigenvalue weighted by Gasteiger charge is -2.09. The van der Waals surface area contributed by atoms with Gasteiger partial charge in [0.25, 0.3) is 0 Å². The Bertz CT molecular complexity index is 749. The van der Waals surface area contributed by atoms with Gasteiger partial charge in [-0.25, -0.2) is 4.98 Å². The van der Waals surface area contributed by atoms with Crippen LogP contribution in [0.4, 0.5) is 5.69 Å². The fourth-order valence-corrected chi connectivity index (χ4v) is 2.47. The second-order valence-electron chi connectivity index (χ2n) is 4.98. The molecule has 0 saturated carbocycles. The van der Waals surface area contributed by atoms with Crippen LogP contribution < -0.4 is 10.7 Å². The third kappa shape index (κ3) is 2.35. The predicted octanol–water partition coefficient (Wildman–Crippen LogP) is 3.94. The summed E-state index contributed by atoms with van der Waals surface area (Å²) in [4.78, 5) is 3.31. The highest BCUT2D eigenvalue weighted by molar-refractivity contribution is 6.01. The quantitative estimate of drug-likeness (QED) is 0.676. The summed E-state index contributed by atoms with van der Waals surface area (Å²) >= 11 is 0. The van der Waals surface area contributed by atoms with Crippen molar-refractivity contribution >= 4 is 28.9 Å². The molecule has 0 atom stereocenters. The number of benzene rings is 2. The number of halogens is 1. The molecule has 0 unspecified atom stereocenters. The van der Waals surface area contributed by atoms with Crippen LogP contribution in [0, 0.1) is 13.8 Å². The predicted molar refractivity (Wildman–Crippen MR) is 87.1 cm³/mol. The van der Waals surface area contributed by atoms with Crippen LogP contribution in [0.25, 0.3) is 22.0 Å². The number of nitrogens with one attached hydrogen (secondary N) is 1. The Morgan fingerprint density at radius 3 is 2.30 bits per heavy atom. The van der Waals surface area contributed by atoms with Crippen molar-refractivity contribution in [2.24, 2.45) is 0 Å². The van der Waals surface area contributed by atoms with Crippen molar-refractivity contribution in [1.29, 1.82) is 0 Å². The second-order valence-corrected chi connectivity index (χ2v) is 4.98. The number of pyridine rings is 1. The molecule has 0 aliphatic carbocycles. The van der Waals surface area contributed by atoms with E-state index in [1.54, 1.807) is 0 Å². The van der Waals surface area contributed by atoms with Gasteiger partial charge in [0.2, 0.25) is 5.69 Å². The van der Waals surface area contributed by atoms with Gasteiger partial charge in [0.15, 0.2) is 6.20 Å². The molecule has 0 saturated heterocycles. The first-order valence-corrected chi connectivity index (χ1v) is 6.43. The molecule has 0 radical (unpaired) electrons. The van der Waals surface area contributed by atoms with E-state index in [2.05, 4.69) is 49.2 Å². The topological polar surface area (TPSA) is 40.2 Å². The Morgan fingerprint density at radius 2 is 1.65 bits per heavy atom. The van der Waals surface area contributed by atoms with Crippen LogP contribution in [-0.2, 0) is 0 Å². The van der Waals surface area contributed by atoms with E-state index < -0.39 is 0 Å². The molecular formula is C17H18ClN2+. The van der Waals surface area contributed by atoms with E-state index in [4.69, 9.17) is 5.73 Å². The van der Waals surface area contributed by atoms with E-state index in [0.717, 1.165) is 22.3 Å². The van der Waals surface area contributed by atoms with Crippen molar-refractivity contribution < 1.29 is 4.98 Å². The lowest BCUT2D eigenvalue weighted by molar-refractivity contribution is -0.365. The summed E-state index contributed by atoms with van der Waals surface area (Å²) in [5, 5.41) is 2.34. The third-order valence-corrected chi connectivity index (χ3v) is 3.55. The van der Waals surface area contributed by atoms with E-state index in [1.165, 1.54) is 16.5 Å². The van der Waals surface area contributed by atoms with E-state index in [-0.39, 0.29) is 12.4 Å². The molecule has 2 nitrogen and oxygen atoms in total. The van der Waals surface area contributed by atoms with Crippen LogP contribution in [0.2, 0.25) is 0 Å². The van der Waals surface area contributed by atoms with Crippen LogP contribution in [0.15, 0.2) is 48.7 Å². The summed E-state index contributed by atoms with van der Waals surface area (Å²) in [7, 11) is 0. The number of aryl methyl sites for hydroxylation is 2. The Balaban J connectivity index is 0.00000147. The fraction of sp³-hybridized carbons (Fsp3) is 0.118. The zero-order valence-corrected chi connectivity index (χ0v) is 12.4. The number of fused-ring (bicyclic) bond motifs is 1. The zero-order valence-electron chi connectivity index (χ0n) is 11.6. The number of rotatable bonds is 1. The summed E-state index contributed by atoms with van der Waals surface area (Å²) in [5.74, 6) is 0. The van der Waals surface area contributed by atoms with Crippen LogP contribution in [-0.4, -0.2) is 0 Å². The molecule has 102 valence electrons. The summed E-state index contributed by atoms with van der Waals surface area (Å²) in [5.41, 5.74) is 11.7. The molecule has 0 bridgehead atoms. The van der Waals surface area contributed by atoms with Crippen LogP contribution >= 0.6 is 12.4 Å². The molecule has 3 aromatic rings. The molecule has 1 aromatic heterocycles. The standard InChI is InChI=1S/C17H16N2.ClH/c1-11-7-8-16(19-10-11)15-9-12(2)13-5-3-4-6-14(13)17(15)18;/h3-10H,18H2,1-2H3;1H/p+1. The lowest BCUT2D eigenvalue weighted by Crippen LogP contribution is -2.08. The van der Waals surface area contributed by atoms with Gasteiger partial charge in [-0.15, -0.1) is 12.4 Å². The number of hydrogen-bond donors (Lipinski definition) is 1. The Morgan fingerprint density at radius 1 is 0.950 bits per heavy atom. The molecule has 0 spiro atoms. The molecule has 1 heterocycles. The largest absolute Gasteiger partial charge is 0.398 e. The van der Waals surface area contributed by atoms with Crippen LogP contribution in [0.1, 0.15) is 11.1 Å². The Hall–Kier alpha value is -2.06. The Labute approximate surface area is 125 Å². The van der Waals surface area contributed by atoms with Crippen LogP contribution in [0.3, 0.4) is 0 Å². The van der Waals surface area contributed by atoms with E-state index in [1.807, 2.05) is 18.3 Å². The summed E-state index contributed by atoms with van der Waals surface area (Å²) < 4.78 is 0. The van der Waals surface area contributed by atoms with Gasteiger partial charge in [0.1, 0.15) is 0 Å². The van der Waals surface area contributed by atoms with Crippen molar-refractivity contribution in [1.82, 2.24) is 0 Å². The average Bonchev–Trinajstić information content (AvgIpc) is 2.44. The van der Waals surface area contributed by atoms with Crippen LogP contribution in [0.5, 0.6) is 0 Å². The monoisotopic (exact) mass is 285 g/mol. The van der Waals surface area contributed by atoms with E-state index in [0.29, 0.717) is 0 Å². The summed E-state index contributed by atoms with van der Waals surface area (Å²) in [6.07, 6.45) is 2.00. The molecule has 0 aliphatic rings. The highest BCUT2D eigenvalue weighted by atomic mass is 35.5. The first-order valence-electron chi connectivity index (χ1n) is 6.43. The first-order chi connectivity index (χ1) is 9.16. The fourth-order valence-electron chi connectivity index (χ4n) is 2.47. The number of hydrogen-bond acceptors (Lipinski definition) is 1. The van der Waals surface area contributed by atoms with Gasteiger partial charge in [0, 0.05) is 17.0 Å². The van der Waals surface area contributed by atoms with Crippen molar-refractivity contribution in [2.75, 3.05) is 5.73 Å². The number of nitrogens with two attached hydrogens (primary N) is 1. The van der Waals surface area contributed by atoms with E-state index in [9.17, 15) is 0 Å². The molecule has 20 heavy (non-hydrogen) atoms. The van der Waals surface area contributed by atoms with Gasteiger partial charge in [-0.2, -0.15) is 0 Å². The number of nitrogen functional groups attached to an aromatic ring is 1. The van der Waals surface area contributed by atoms with Gasteiger partial charge in [-0.05, 0) is 36.9 Å². The van der Waals surface area contributed by atoms with Gasteiger partial charge in [-0.1, -0.05) is 24.3 Å². The second kappa shape index (κ2) is 5.51. The smallest absolute Gasteiger partial charge is 0.212 e. The minimum absolute atomic E-state index is 0. The molecule has 3 N–H and O–H groups in total. The maximum absolute atomic E-state index is 6.34. The van der Waals surface area contributed by atoms with Gasteiger partial charge in [0.05, 0.1) is 11.3 Å². The minimum atomic E-state index is 0. The molecule has 0 fully saturated rings. The molecule has 0 aliphatic heterocycles.